The molecule has 1 aromatic rings. The van der Waals surface area contributed by atoms with Crippen LogP contribution in [0.2, 0.25) is 0 Å². The van der Waals surface area contributed by atoms with Crippen molar-refractivity contribution in [1.82, 2.24) is 4.31 Å². The Hall–Kier alpha value is -0.850. The molecule has 2 saturated carbocycles. The van der Waals surface area contributed by atoms with Gasteiger partial charge in [-0.25, -0.2) is 8.42 Å². The molecule has 0 aliphatic heterocycles. The Morgan fingerprint density at radius 3 is 2.20 bits per heavy atom. The summed E-state index contributed by atoms with van der Waals surface area (Å²) in [6.45, 7) is 2.61. The first-order valence-corrected chi connectivity index (χ1v) is 8.65. The minimum atomic E-state index is -3.50. The minimum absolute atomic E-state index is 0.211. The molecule has 0 bridgehead atoms. The van der Waals surface area contributed by atoms with Gasteiger partial charge in [0.15, 0.2) is 0 Å². The molecule has 1 heterocycles. The monoisotopic (exact) mass is 299 g/mol. The van der Waals surface area contributed by atoms with E-state index in [1.165, 1.54) is 6.07 Å². The molecule has 5 nitrogen and oxygen atoms in total. The quantitative estimate of drug-likeness (QED) is 0.834. The van der Waals surface area contributed by atoms with E-state index in [2.05, 4.69) is 0 Å². The van der Waals surface area contributed by atoms with Gasteiger partial charge in [-0.2, -0.15) is 4.31 Å². The van der Waals surface area contributed by atoms with Crippen molar-refractivity contribution in [3.05, 3.63) is 17.6 Å². The Kier molecular flexibility index (Phi) is 3.64. The Morgan fingerprint density at radius 1 is 1.25 bits per heavy atom. The second kappa shape index (κ2) is 5.16. The number of sulfonamides is 1. The van der Waals surface area contributed by atoms with Crippen LogP contribution < -0.4 is 0 Å². The Morgan fingerprint density at radius 2 is 1.80 bits per heavy atom. The second-order valence-corrected chi connectivity index (χ2v) is 7.91. The molecule has 2 fully saturated rings. The zero-order valence-corrected chi connectivity index (χ0v) is 12.5. The average Bonchev–Trinajstić information content (AvgIpc) is 3.30. The van der Waals surface area contributed by atoms with E-state index in [1.807, 2.05) is 0 Å². The lowest BCUT2D eigenvalue weighted by Gasteiger charge is -2.21. The Labute approximate surface area is 119 Å². The third-order valence-electron chi connectivity index (χ3n) is 4.01. The van der Waals surface area contributed by atoms with Crippen molar-refractivity contribution in [2.24, 2.45) is 11.8 Å². The fourth-order valence-electron chi connectivity index (χ4n) is 2.44. The predicted octanol–water partition coefficient (Wildman–Crippen LogP) is 1.89. The van der Waals surface area contributed by atoms with Gasteiger partial charge in [-0.05, 0) is 44.4 Å². The highest BCUT2D eigenvalue weighted by Gasteiger charge is 2.37. The lowest BCUT2D eigenvalue weighted by Crippen LogP contribution is -2.34. The molecule has 0 radical (unpaired) electrons. The minimum Gasteiger partial charge on any atom is -0.462 e. The van der Waals surface area contributed by atoms with E-state index >= 15 is 0 Å². The third-order valence-corrected chi connectivity index (χ3v) is 5.95. The van der Waals surface area contributed by atoms with Crippen molar-refractivity contribution in [2.75, 3.05) is 13.1 Å². The molecule has 2 aliphatic rings. The maximum Gasteiger partial charge on any atom is 0.246 e. The van der Waals surface area contributed by atoms with Gasteiger partial charge >= 0.3 is 0 Å². The Bertz CT molecular complexity index is 570. The average molecular weight is 299 g/mol. The maximum absolute atomic E-state index is 12.8. The normalized spacial score (nSPS) is 19.8. The van der Waals surface area contributed by atoms with Gasteiger partial charge in [-0.15, -0.1) is 0 Å². The van der Waals surface area contributed by atoms with Crippen molar-refractivity contribution < 1.29 is 17.9 Å². The van der Waals surface area contributed by atoms with E-state index < -0.39 is 10.0 Å². The van der Waals surface area contributed by atoms with Crippen LogP contribution in [0.3, 0.4) is 0 Å². The van der Waals surface area contributed by atoms with Crippen LogP contribution in [0.15, 0.2) is 15.4 Å². The molecule has 0 saturated heterocycles. The third kappa shape index (κ3) is 2.92. The van der Waals surface area contributed by atoms with Gasteiger partial charge in [0.1, 0.15) is 23.0 Å². The molecule has 0 aromatic carbocycles. The van der Waals surface area contributed by atoms with Crippen LogP contribution in [-0.4, -0.2) is 30.9 Å². The zero-order chi connectivity index (χ0) is 14.3. The van der Waals surface area contributed by atoms with Crippen LogP contribution in [0.1, 0.15) is 37.2 Å². The van der Waals surface area contributed by atoms with Crippen molar-refractivity contribution in [2.45, 2.75) is 44.1 Å². The second-order valence-electron chi connectivity index (χ2n) is 6.00. The van der Waals surface area contributed by atoms with E-state index in [1.54, 1.807) is 11.2 Å². The first-order valence-electron chi connectivity index (χ1n) is 7.21. The van der Waals surface area contributed by atoms with Gasteiger partial charge in [0.25, 0.3) is 0 Å². The maximum atomic E-state index is 12.8. The van der Waals surface area contributed by atoms with Crippen LogP contribution in [0.4, 0.5) is 0 Å². The standard InChI is InChI=1S/C14H21NO4S/c1-10-14(6-13(9-16)19-10)20(17,18)15(7-11-2-3-11)8-12-4-5-12/h6,11-12,16H,2-5,7-9H2,1H3. The van der Waals surface area contributed by atoms with Gasteiger partial charge in [0.2, 0.25) is 10.0 Å². The lowest BCUT2D eigenvalue weighted by atomic mass is 10.4. The first-order chi connectivity index (χ1) is 9.50. The van der Waals surface area contributed by atoms with Crippen LogP contribution >= 0.6 is 0 Å². The van der Waals surface area contributed by atoms with Gasteiger partial charge < -0.3 is 9.52 Å². The summed E-state index contributed by atoms with van der Waals surface area (Å²) < 4.78 is 32.5. The highest BCUT2D eigenvalue weighted by Crippen LogP contribution is 2.36. The lowest BCUT2D eigenvalue weighted by molar-refractivity contribution is 0.244. The molecule has 0 spiro atoms. The number of aryl methyl sites for hydroxylation is 1. The summed E-state index contributed by atoms with van der Waals surface area (Å²) in [6.07, 6.45) is 4.51. The Balaban J connectivity index is 1.86. The van der Waals surface area contributed by atoms with E-state index in [4.69, 9.17) is 9.52 Å². The van der Waals surface area contributed by atoms with Gasteiger partial charge in [0, 0.05) is 19.2 Å². The molecule has 0 amide bonds. The van der Waals surface area contributed by atoms with E-state index in [-0.39, 0.29) is 11.5 Å². The predicted molar refractivity (Wildman–Crippen MR) is 73.6 cm³/mol. The largest absolute Gasteiger partial charge is 0.462 e. The number of furan rings is 1. The summed E-state index contributed by atoms with van der Waals surface area (Å²) in [5, 5.41) is 9.09. The highest BCUT2D eigenvalue weighted by atomic mass is 32.2. The SMILES string of the molecule is Cc1oc(CO)cc1S(=O)(=O)N(CC1CC1)CC1CC1. The zero-order valence-electron chi connectivity index (χ0n) is 11.7. The summed E-state index contributed by atoms with van der Waals surface area (Å²) in [5.41, 5.74) is 0. The number of aliphatic hydroxyl groups excluding tert-OH is 1. The van der Waals surface area contributed by atoms with Crippen molar-refractivity contribution >= 4 is 10.0 Å². The number of aliphatic hydroxyl groups is 1. The van der Waals surface area contributed by atoms with E-state index in [0.717, 1.165) is 25.7 Å². The number of hydrogen-bond donors (Lipinski definition) is 1. The van der Waals surface area contributed by atoms with E-state index in [0.29, 0.717) is 36.4 Å². The van der Waals surface area contributed by atoms with Gasteiger partial charge in [0.05, 0.1) is 0 Å². The molecule has 6 heteroatoms. The van der Waals surface area contributed by atoms with Crippen LogP contribution in [0, 0.1) is 18.8 Å². The molecule has 1 N–H and O–H groups in total. The van der Waals surface area contributed by atoms with Crippen LogP contribution in [0.5, 0.6) is 0 Å². The summed E-state index contributed by atoms with van der Waals surface area (Å²) in [6, 6.07) is 1.46. The van der Waals surface area contributed by atoms with Crippen molar-refractivity contribution in [1.29, 1.82) is 0 Å². The number of nitrogens with zero attached hydrogens (tertiary/aromatic N) is 1. The van der Waals surface area contributed by atoms with E-state index in [9.17, 15) is 8.42 Å². The number of hydrogen-bond acceptors (Lipinski definition) is 4. The summed E-state index contributed by atoms with van der Waals surface area (Å²) in [4.78, 5) is 0.211. The smallest absolute Gasteiger partial charge is 0.246 e. The molecular weight excluding hydrogens is 278 g/mol. The topological polar surface area (TPSA) is 70.8 Å². The highest BCUT2D eigenvalue weighted by molar-refractivity contribution is 7.89. The molecule has 0 atom stereocenters. The van der Waals surface area contributed by atoms with Crippen molar-refractivity contribution in [3.63, 3.8) is 0 Å². The molecular formula is C14H21NO4S. The van der Waals surface area contributed by atoms with Crippen LogP contribution in [-0.2, 0) is 16.6 Å². The fraction of sp³-hybridized carbons (Fsp3) is 0.714. The molecule has 0 unspecified atom stereocenters. The molecule has 112 valence electrons. The van der Waals surface area contributed by atoms with Gasteiger partial charge in [-0.1, -0.05) is 0 Å². The molecule has 1 aromatic heterocycles. The molecule has 2 aliphatic carbocycles. The molecule has 20 heavy (non-hydrogen) atoms. The number of rotatable bonds is 7. The summed E-state index contributed by atoms with van der Waals surface area (Å²) >= 11 is 0. The summed E-state index contributed by atoms with van der Waals surface area (Å²) in [5.74, 6) is 1.71. The fourth-order valence-corrected chi connectivity index (χ4v) is 4.22. The summed E-state index contributed by atoms with van der Waals surface area (Å²) in [7, 11) is -3.50. The van der Waals surface area contributed by atoms with Crippen molar-refractivity contribution in [3.8, 4) is 0 Å². The van der Waals surface area contributed by atoms with Gasteiger partial charge in [-0.3, -0.25) is 0 Å². The molecule has 3 rings (SSSR count). The van der Waals surface area contributed by atoms with Crippen LogP contribution in [0.25, 0.3) is 0 Å². The first kappa shape index (κ1) is 14.1.